The van der Waals surface area contributed by atoms with Crippen molar-refractivity contribution in [2.75, 3.05) is 5.32 Å². The van der Waals surface area contributed by atoms with Gasteiger partial charge in [0.15, 0.2) is 0 Å². The number of benzene rings is 1. The first-order valence-electron chi connectivity index (χ1n) is 6.67. The minimum absolute atomic E-state index is 0.0491. The molecular weight excluding hydrogens is 321 g/mol. The highest BCUT2D eigenvalue weighted by Gasteiger charge is 2.11. The van der Waals surface area contributed by atoms with E-state index in [0.29, 0.717) is 16.1 Å². The van der Waals surface area contributed by atoms with Crippen LogP contribution in [0.3, 0.4) is 0 Å². The maximum atomic E-state index is 5.90. The summed E-state index contributed by atoms with van der Waals surface area (Å²) in [5, 5.41) is 4.27. The highest BCUT2D eigenvalue weighted by Crippen LogP contribution is 2.19. The van der Waals surface area contributed by atoms with E-state index in [4.69, 9.17) is 23.2 Å². The SMILES string of the molecule is C[C@H](Nc1nccc(Cl)n1)c1cn(-c2ccc(Cl)cc2)cn1. The van der Waals surface area contributed by atoms with Gasteiger partial charge in [-0.1, -0.05) is 23.2 Å². The second-order valence-electron chi connectivity index (χ2n) is 4.75. The lowest BCUT2D eigenvalue weighted by atomic mass is 10.2. The van der Waals surface area contributed by atoms with Gasteiger partial charge < -0.3 is 9.88 Å². The van der Waals surface area contributed by atoms with Crippen LogP contribution in [0.25, 0.3) is 5.69 Å². The lowest BCUT2D eigenvalue weighted by Gasteiger charge is -2.11. The smallest absolute Gasteiger partial charge is 0.224 e. The molecule has 112 valence electrons. The highest BCUT2D eigenvalue weighted by molar-refractivity contribution is 6.30. The topological polar surface area (TPSA) is 55.6 Å². The number of nitrogens with zero attached hydrogens (tertiary/aromatic N) is 4. The van der Waals surface area contributed by atoms with Crippen LogP contribution in [0.15, 0.2) is 49.1 Å². The third kappa shape index (κ3) is 3.37. The van der Waals surface area contributed by atoms with Gasteiger partial charge in [0.25, 0.3) is 0 Å². The van der Waals surface area contributed by atoms with E-state index >= 15 is 0 Å². The summed E-state index contributed by atoms with van der Waals surface area (Å²) in [5.74, 6) is 0.473. The van der Waals surface area contributed by atoms with Crippen molar-refractivity contribution in [2.24, 2.45) is 0 Å². The predicted molar refractivity (Wildman–Crippen MR) is 87.7 cm³/mol. The second kappa shape index (κ2) is 6.34. The average Bonchev–Trinajstić information content (AvgIpc) is 2.98. The molecule has 3 aromatic rings. The molecule has 0 saturated carbocycles. The normalized spacial score (nSPS) is 12.1. The minimum Gasteiger partial charge on any atom is -0.346 e. The fourth-order valence-electron chi connectivity index (χ4n) is 1.99. The number of imidazole rings is 1. The molecule has 0 amide bonds. The van der Waals surface area contributed by atoms with E-state index in [1.54, 1.807) is 18.6 Å². The molecule has 1 aromatic carbocycles. The van der Waals surface area contributed by atoms with Gasteiger partial charge in [0.1, 0.15) is 5.15 Å². The zero-order valence-corrected chi connectivity index (χ0v) is 13.3. The van der Waals surface area contributed by atoms with Crippen molar-refractivity contribution >= 4 is 29.2 Å². The van der Waals surface area contributed by atoms with Gasteiger partial charge in [0.2, 0.25) is 5.95 Å². The molecule has 22 heavy (non-hydrogen) atoms. The Bertz CT molecular complexity index is 770. The zero-order valence-electron chi connectivity index (χ0n) is 11.7. The number of rotatable bonds is 4. The number of hydrogen-bond donors (Lipinski definition) is 1. The van der Waals surface area contributed by atoms with Gasteiger partial charge in [-0.05, 0) is 37.3 Å². The summed E-state index contributed by atoms with van der Waals surface area (Å²) in [6, 6.07) is 9.15. The van der Waals surface area contributed by atoms with Crippen LogP contribution in [0.5, 0.6) is 0 Å². The van der Waals surface area contributed by atoms with Crippen molar-refractivity contribution < 1.29 is 0 Å². The fourth-order valence-corrected chi connectivity index (χ4v) is 2.25. The molecule has 2 heterocycles. The molecule has 0 unspecified atom stereocenters. The maximum Gasteiger partial charge on any atom is 0.224 e. The summed E-state index contributed by atoms with van der Waals surface area (Å²) in [7, 11) is 0. The Balaban J connectivity index is 1.76. The molecule has 0 fully saturated rings. The molecule has 1 N–H and O–H groups in total. The Labute approximate surface area is 138 Å². The first-order chi connectivity index (χ1) is 10.6. The molecule has 0 aliphatic heterocycles. The minimum atomic E-state index is -0.0491. The summed E-state index contributed by atoms with van der Waals surface area (Å²) >= 11 is 11.7. The van der Waals surface area contributed by atoms with Crippen LogP contribution in [0, 0.1) is 0 Å². The Hall–Kier alpha value is -2.11. The monoisotopic (exact) mass is 333 g/mol. The van der Waals surface area contributed by atoms with Gasteiger partial charge in [-0.15, -0.1) is 0 Å². The van der Waals surface area contributed by atoms with E-state index < -0.39 is 0 Å². The number of nitrogens with one attached hydrogen (secondary N) is 1. The molecule has 0 bridgehead atoms. The molecular formula is C15H13Cl2N5. The van der Waals surface area contributed by atoms with Crippen molar-refractivity contribution in [3.63, 3.8) is 0 Å². The molecule has 2 aromatic heterocycles. The maximum absolute atomic E-state index is 5.90. The van der Waals surface area contributed by atoms with Crippen LogP contribution in [-0.4, -0.2) is 19.5 Å². The van der Waals surface area contributed by atoms with Crippen LogP contribution in [0.2, 0.25) is 10.2 Å². The Morgan fingerprint density at radius 1 is 1.09 bits per heavy atom. The number of anilines is 1. The summed E-state index contributed by atoms with van der Waals surface area (Å²) < 4.78 is 1.93. The molecule has 0 aliphatic carbocycles. The molecule has 3 rings (SSSR count). The van der Waals surface area contributed by atoms with E-state index in [9.17, 15) is 0 Å². The van der Waals surface area contributed by atoms with Crippen molar-refractivity contribution in [1.29, 1.82) is 0 Å². The summed E-state index contributed by atoms with van der Waals surface area (Å²) in [6.07, 6.45) is 5.32. The molecule has 0 radical (unpaired) electrons. The van der Waals surface area contributed by atoms with Gasteiger partial charge in [-0.2, -0.15) is 0 Å². The summed E-state index contributed by atoms with van der Waals surface area (Å²) in [6.45, 7) is 1.98. The van der Waals surface area contributed by atoms with Crippen molar-refractivity contribution in [2.45, 2.75) is 13.0 Å². The van der Waals surface area contributed by atoms with Crippen LogP contribution < -0.4 is 5.32 Å². The molecule has 1 atom stereocenters. The number of hydrogen-bond acceptors (Lipinski definition) is 4. The molecule has 0 aliphatic rings. The average molecular weight is 334 g/mol. The van der Waals surface area contributed by atoms with Crippen molar-refractivity contribution in [1.82, 2.24) is 19.5 Å². The highest BCUT2D eigenvalue weighted by atomic mass is 35.5. The molecule has 5 nitrogen and oxygen atoms in total. The molecule has 0 spiro atoms. The van der Waals surface area contributed by atoms with E-state index in [1.165, 1.54) is 0 Å². The Kier molecular flexibility index (Phi) is 4.27. The molecule has 0 saturated heterocycles. The third-order valence-electron chi connectivity index (χ3n) is 3.14. The molecule has 7 heteroatoms. The van der Waals surface area contributed by atoms with Crippen molar-refractivity contribution in [3.8, 4) is 5.69 Å². The Morgan fingerprint density at radius 2 is 1.86 bits per heavy atom. The second-order valence-corrected chi connectivity index (χ2v) is 5.57. The van der Waals surface area contributed by atoms with Crippen LogP contribution in [-0.2, 0) is 0 Å². The van der Waals surface area contributed by atoms with E-state index in [0.717, 1.165) is 11.4 Å². The lowest BCUT2D eigenvalue weighted by Crippen LogP contribution is -2.09. The quantitative estimate of drug-likeness (QED) is 0.729. The standard InChI is InChI=1S/C15H13Cl2N5/c1-10(20-15-18-7-6-14(17)21-15)13-8-22(9-19-13)12-4-2-11(16)3-5-12/h2-10H,1H3,(H,18,20,21)/t10-/m0/s1. The summed E-state index contributed by atoms with van der Waals surface area (Å²) in [5.41, 5.74) is 1.87. The van der Waals surface area contributed by atoms with Crippen LogP contribution in [0.4, 0.5) is 5.95 Å². The third-order valence-corrected chi connectivity index (χ3v) is 3.60. The largest absolute Gasteiger partial charge is 0.346 e. The number of halogens is 2. The van der Waals surface area contributed by atoms with Crippen LogP contribution in [0.1, 0.15) is 18.7 Å². The van der Waals surface area contributed by atoms with E-state index in [2.05, 4.69) is 20.3 Å². The van der Waals surface area contributed by atoms with Gasteiger partial charge in [0.05, 0.1) is 18.1 Å². The number of aromatic nitrogens is 4. The summed E-state index contributed by atoms with van der Waals surface area (Å²) in [4.78, 5) is 12.6. The lowest BCUT2D eigenvalue weighted by molar-refractivity contribution is 0.829. The fraction of sp³-hybridized carbons (Fsp3) is 0.133. The van der Waals surface area contributed by atoms with Crippen molar-refractivity contribution in [3.05, 3.63) is 64.9 Å². The van der Waals surface area contributed by atoms with Crippen LogP contribution >= 0.6 is 23.2 Å². The van der Waals surface area contributed by atoms with Gasteiger partial charge in [-0.3, -0.25) is 0 Å². The van der Waals surface area contributed by atoms with Gasteiger partial charge in [-0.25, -0.2) is 15.0 Å². The predicted octanol–water partition coefficient (Wildman–Crippen LogP) is 4.14. The van der Waals surface area contributed by atoms with E-state index in [-0.39, 0.29) is 6.04 Å². The first-order valence-corrected chi connectivity index (χ1v) is 7.42. The Morgan fingerprint density at radius 3 is 2.59 bits per heavy atom. The van der Waals surface area contributed by atoms with Gasteiger partial charge >= 0.3 is 0 Å². The van der Waals surface area contributed by atoms with Gasteiger partial charge in [0, 0.05) is 23.1 Å². The first kappa shape index (κ1) is 14.8. The zero-order chi connectivity index (χ0) is 15.5. The van der Waals surface area contributed by atoms with E-state index in [1.807, 2.05) is 42.0 Å².